The number of benzene rings is 3. The van der Waals surface area contributed by atoms with Gasteiger partial charge in [0.2, 0.25) is 0 Å². The molecule has 0 N–H and O–H groups in total. The van der Waals surface area contributed by atoms with Gasteiger partial charge in [0.1, 0.15) is 24.8 Å². The maximum atomic E-state index is 14.0. The van der Waals surface area contributed by atoms with Gasteiger partial charge in [-0.05, 0) is 76.6 Å². The van der Waals surface area contributed by atoms with Gasteiger partial charge in [0.05, 0.1) is 22.5 Å². The lowest BCUT2D eigenvalue weighted by molar-refractivity contribution is -0.123. The molecule has 1 fully saturated rings. The van der Waals surface area contributed by atoms with Crippen LogP contribution >= 0.6 is 27.7 Å². The molecule has 0 aliphatic carbocycles. The van der Waals surface area contributed by atoms with Crippen molar-refractivity contribution < 1.29 is 28.2 Å². The first-order valence-electron chi connectivity index (χ1n) is 11.2. The highest BCUT2D eigenvalue weighted by Crippen LogP contribution is 2.39. The molecule has 0 radical (unpaired) electrons. The molecule has 0 unspecified atom stereocenters. The Morgan fingerprint density at radius 3 is 2.50 bits per heavy atom. The van der Waals surface area contributed by atoms with Gasteiger partial charge < -0.3 is 14.2 Å². The third-order valence-electron chi connectivity index (χ3n) is 5.16. The smallest absolute Gasteiger partial charge is 0.293 e. The average Bonchev–Trinajstić information content (AvgIpc) is 3.12. The molecule has 1 aliphatic rings. The van der Waals surface area contributed by atoms with E-state index in [0.717, 1.165) is 11.8 Å². The lowest BCUT2D eigenvalue weighted by Crippen LogP contribution is -2.32. The molecule has 186 valence electrons. The molecule has 2 amide bonds. The molecule has 0 atom stereocenters. The topological polar surface area (TPSA) is 65.1 Å². The van der Waals surface area contributed by atoms with Crippen LogP contribution in [0.1, 0.15) is 18.1 Å². The van der Waals surface area contributed by atoms with E-state index in [4.69, 9.17) is 14.2 Å². The van der Waals surface area contributed by atoms with Crippen LogP contribution < -0.4 is 14.2 Å². The van der Waals surface area contributed by atoms with Gasteiger partial charge in [-0.1, -0.05) is 36.4 Å². The fourth-order valence-electron chi connectivity index (χ4n) is 3.46. The van der Waals surface area contributed by atoms with E-state index in [-0.39, 0.29) is 36.7 Å². The second-order valence-corrected chi connectivity index (χ2v) is 9.49. The van der Waals surface area contributed by atoms with Crippen LogP contribution in [0, 0.1) is 5.82 Å². The van der Waals surface area contributed by atoms with E-state index in [9.17, 15) is 14.0 Å². The Kier molecular flexibility index (Phi) is 8.66. The average molecular weight is 572 g/mol. The SMILES string of the molecule is CCOc1cc(/C=C2\SC(=O)N(CCOc3ccccc3)C2=O)cc(Br)c1OCc1ccccc1F. The van der Waals surface area contributed by atoms with E-state index < -0.39 is 0 Å². The molecule has 3 aromatic carbocycles. The Morgan fingerprint density at radius 1 is 1.00 bits per heavy atom. The van der Waals surface area contributed by atoms with Gasteiger partial charge in [-0.2, -0.15) is 0 Å². The van der Waals surface area contributed by atoms with Crippen molar-refractivity contribution >= 4 is 44.9 Å². The number of amides is 2. The molecule has 3 aromatic rings. The summed E-state index contributed by atoms with van der Waals surface area (Å²) in [5, 5.41) is -0.350. The molecule has 9 heteroatoms. The van der Waals surface area contributed by atoms with Crippen molar-refractivity contribution in [3.8, 4) is 17.2 Å². The van der Waals surface area contributed by atoms with E-state index in [1.165, 1.54) is 11.0 Å². The van der Waals surface area contributed by atoms with E-state index in [1.807, 2.05) is 37.3 Å². The second-order valence-electron chi connectivity index (χ2n) is 7.64. The third-order valence-corrected chi connectivity index (χ3v) is 6.66. The number of para-hydroxylation sites is 1. The first kappa shape index (κ1) is 25.8. The highest BCUT2D eigenvalue weighted by atomic mass is 79.9. The maximum Gasteiger partial charge on any atom is 0.293 e. The van der Waals surface area contributed by atoms with E-state index in [1.54, 1.807) is 36.4 Å². The summed E-state index contributed by atoms with van der Waals surface area (Å²) in [4.78, 5) is 26.8. The summed E-state index contributed by atoms with van der Waals surface area (Å²) < 4.78 is 31.8. The first-order chi connectivity index (χ1) is 17.5. The monoisotopic (exact) mass is 571 g/mol. The summed E-state index contributed by atoms with van der Waals surface area (Å²) in [6, 6.07) is 19.1. The van der Waals surface area contributed by atoms with Gasteiger partial charge in [0.25, 0.3) is 11.1 Å². The second kappa shape index (κ2) is 12.1. The van der Waals surface area contributed by atoms with Crippen molar-refractivity contribution in [2.24, 2.45) is 0 Å². The molecule has 36 heavy (non-hydrogen) atoms. The predicted octanol–water partition coefficient (Wildman–Crippen LogP) is 6.68. The number of ether oxygens (including phenoxy) is 3. The molecule has 1 saturated heterocycles. The molecule has 0 bridgehead atoms. The zero-order valence-electron chi connectivity index (χ0n) is 19.4. The van der Waals surface area contributed by atoms with Gasteiger partial charge in [-0.15, -0.1) is 0 Å². The number of rotatable bonds is 10. The van der Waals surface area contributed by atoms with E-state index in [0.29, 0.717) is 44.4 Å². The van der Waals surface area contributed by atoms with Crippen LogP contribution in [-0.4, -0.2) is 35.8 Å². The van der Waals surface area contributed by atoms with Crippen molar-refractivity contribution in [2.75, 3.05) is 19.8 Å². The summed E-state index contributed by atoms with van der Waals surface area (Å²) in [6.07, 6.45) is 1.64. The molecular weight excluding hydrogens is 549 g/mol. The number of nitrogens with zero attached hydrogens (tertiary/aromatic N) is 1. The number of thioether (sulfide) groups is 1. The molecule has 0 spiro atoms. The van der Waals surface area contributed by atoms with E-state index in [2.05, 4.69) is 15.9 Å². The fourth-order valence-corrected chi connectivity index (χ4v) is 4.89. The molecule has 0 saturated carbocycles. The van der Waals surface area contributed by atoms with Crippen molar-refractivity contribution in [1.82, 2.24) is 4.90 Å². The predicted molar refractivity (Wildman–Crippen MR) is 141 cm³/mol. The Hall–Kier alpha value is -3.30. The molecule has 1 aliphatic heterocycles. The number of halogens is 2. The first-order valence-corrected chi connectivity index (χ1v) is 12.8. The Bertz CT molecular complexity index is 1280. The lowest BCUT2D eigenvalue weighted by atomic mass is 10.1. The van der Waals surface area contributed by atoms with Crippen LogP contribution in [0.3, 0.4) is 0 Å². The van der Waals surface area contributed by atoms with Crippen LogP contribution in [0.25, 0.3) is 6.08 Å². The Balaban J connectivity index is 1.47. The summed E-state index contributed by atoms with van der Waals surface area (Å²) in [6.45, 7) is 2.58. The number of imide groups is 1. The minimum absolute atomic E-state index is 0.0225. The van der Waals surface area contributed by atoms with Crippen molar-refractivity contribution in [3.05, 3.63) is 93.1 Å². The van der Waals surface area contributed by atoms with Crippen LogP contribution in [0.4, 0.5) is 9.18 Å². The van der Waals surface area contributed by atoms with Crippen molar-refractivity contribution in [1.29, 1.82) is 0 Å². The van der Waals surface area contributed by atoms with Gasteiger partial charge in [-0.3, -0.25) is 14.5 Å². The summed E-state index contributed by atoms with van der Waals surface area (Å²) >= 11 is 4.37. The van der Waals surface area contributed by atoms with Crippen LogP contribution in [0.15, 0.2) is 76.1 Å². The lowest BCUT2D eigenvalue weighted by Gasteiger charge is -2.15. The zero-order valence-corrected chi connectivity index (χ0v) is 21.8. The van der Waals surface area contributed by atoms with Crippen LogP contribution in [0.5, 0.6) is 17.2 Å². The molecule has 1 heterocycles. The molecule has 4 rings (SSSR count). The Labute approximate surface area is 221 Å². The summed E-state index contributed by atoms with van der Waals surface area (Å²) in [5.74, 6) is 0.794. The molecule has 6 nitrogen and oxygen atoms in total. The van der Waals surface area contributed by atoms with E-state index >= 15 is 0 Å². The maximum absolute atomic E-state index is 14.0. The zero-order chi connectivity index (χ0) is 25.5. The summed E-state index contributed by atoms with van der Waals surface area (Å²) in [5.41, 5.74) is 1.07. The van der Waals surface area contributed by atoms with Gasteiger partial charge in [-0.25, -0.2) is 4.39 Å². The fraction of sp³-hybridized carbons (Fsp3) is 0.185. The number of hydrogen-bond donors (Lipinski definition) is 0. The number of hydrogen-bond acceptors (Lipinski definition) is 6. The van der Waals surface area contributed by atoms with Crippen LogP contribution in [0.2, 0.25) is 0 Å². The third kappa shape index (κ3) is 6.27. The minimum Gasteiger partial charge on any atom is -0.492 e. The highest BCUT2D eigenvalue weighted by molar-refractivity contribution is 9.10. The van der Waals surface area contributed by atoms with Crippen LogP contribution in [-0.2, 0) is 11.4 Å². The number of carbonyl (C=O) groups excluding carboxylic acids is 2. The molecule has 0 aromatic heterocycles. The molecular formula is C27H23BrFNO5S. The summed E-state index contributed by atoms with van der Waals surface area (Å²) in [7, 11) is 0. The minimum atomic E-state index is -0.379. The van der Waals surface area contributed by atoms with Gasteiger partial charge in [0.15, 0.2) is 11.5 Å². The highest BCUT2D eigenvalue weighted by Gasteiger charge is 2.35. The largest absolute Gasteiger partial charge is 0.492 e. The van der Waals surface area contributed by atoms with Crippen molar-refractivity contribution in [3.63, 3.8) is 0 Å². The van der Waals surface area contributed by atoms with Gasteiger partial charge in [0, 0.05) is 5.56 Å². The quantitative estimate of drug-likeness (QED) is 0.253. The number of carbonyl (C=O) groups is 2. The Morgan fingerprint density at radius 2 is 1.75 bits per heavy atom. The standard InChI is InChI=1S/C27H23BrFNO5S/c1-2-33-23-15-18(14-21(28)25(23)35-17-19-8-6-7-11-22(19)29)16-24-26(31)30(27(32)36-24)12-13-34-20-9-4-3-5-10-20/h3-11,14-16H,2,12-13,17H2,1H3/b24-16-. The van der Waals surface area contributed by atoms with Gasteiger partial charge >= 0.3 is 0 Å². The van der Waals surface area contributed by atoms with Crippen molar-refractivity contribution in [2.45, 2.75) is 13.5 Å². The normalized spacial score (nSPS) is 14.4.